The third-order valence-electron chi connectivity index (χ3n) is 3.53. The lowest BCUT2D eigenvalue weighted by Gasteiger charge is -2.22. The first-order valence-electron chi connectivity index (χ1n) is 6.46. The molecule has 1 saturated carbocycles. The van der Waals surface area contributed by atoms with Crippen LogP contribution in [0.3, 0.4) is 0 Å². The summed E-state index contributed by atoms with van der Waals surface area (Å²) in [5, 5.41) is 0. The van der Waals surface area contributed by atoms with Crippen LogP contribution in [0.25, 0.3) is 0 Å². The predicted molar refractivity (Wildman–Crippen MR) is 69.6 cm³/mol. The van der Waals surface area contributed by atoms with Crippen molar-refractivity contribution in [3.05, 3.63) is 0 Å². The molecule has 1 aliphatic rings. The van der Waals surface area contributed by atoms with E-state index < -0.39 is 0 Å². The van der Waals surface area contributed by atoms with Crippen LogP contribution in [0.4, 0.5) is 0 Å². The first kappa shape index (κ1) is 13.4. The summed E-state index contributed by atoms with van der Waals surface area (Å²) in [5.41, 5.74) is 0. The number of hydrogen-bond acceptors (Lipinski definition) is 2. The van der Waals surface area contributed by atoms with Gasteiger partial charge in [-0.15, -0.1) is 0 Å². The molecule has 1 rings (SSSR count). The Morgan fingerprint density at radius 1 is 1.13 bits per heavy atom. The largest absolute Gasteiger partial charge is 0.378 e. The molecule has 1 atom stereocenters. The van der Waals surface area contributed by atoms with Gasteiger partial charge in [0, 0.05) is 0 Å². The first-order valence-corrected chi connectivity index (χ1v) is 7.09. The molecule has 1 nitrogen and oxygen atoms in total. The minimum Gasteiger partial charge on any atom is -0.378 e. The van der Waals surface area contributed by atoms with E-state index in [2.05, 4.69) is 26.5 Å². The molecule has 0 aliphatic heterocycles. The van der Waals surface area contributed by atoms with Crippen molar-refractivity contribution in [1.82, 2.24) is 0 Å². The normalized spacial score (nSPS) is 21.6. The van der Waals surface area contributed by atoms with Crippen molar-refractivity contribution in [2.75, 3.05) is 12.4 Å². The molecule has 0 aromatic heterocycles. The molecule has 1 unspecified atom stereocenters. The van der Waals surface area contributed by atoms with Crippen molar-refractivity contribution < 1.29 is 4.74 Å². The van der Waals surface area contributed by atoms with Gasteiger partial charge in [-0.3, -0.25) is 0 Å². The minimum atomic E-state index is 0.536. The van der Waals surface area contributed by atoms with Gasteiger partial charge in [-0.2, -0.15) is 12.6 Å². The fraction of sp³-hybridized carbons (Fsp3) is 1.00. The Bertz CT molecular complexity index is 151. The molecule has 0 aromatic carbocycles. The Hall–Kier alpha value is 0.310. The zero-order chi connectivity index (χ0) is 11.1. The molecule has 0 N–H and O–H groups in total. The highest BCUT2D eigenvalue weighted by Crippen LogP contribution is 2.21. The molecule has 90 valence electrons. The van der Waals surface area contributed by atoms with Crippen LogP contribution in [-0.2, 0) is 4.74 Å². The van der Waals surface area contributed by atoms with Gasteiger partial charge in [-0.25, -0.2) is 0 Å². The minimum absolute atomic E-state index is 0.536. The Morgan fingerprint density at radius 2 is 1.73 bits per heavy atom. The van der Waals surface area contributed by atoms with E-state index in [9.17, 15) is 0 Å². The third kappa shape index (κ3) is 5.26. The van der Waals surface area contributed by atoms with Gasteiger partial charge in [0.1, 0.15) is 0 Å². The molecule has 0 amide bonds. The summed E-state index contributed by atoms with van der Waals surface area (Å²) in [5.74, 6) is 2.26. The van der Waals surface area contributed by atoms with E-state index in [0.717, 1.165) is 12.4 Å². The number of hydrogen-bond donors (Lipinski definition) is 1. The van der Waals surface area contributed by atoms with Crippen molar-refractivity contribution in [1.29, 1.82) is 0 Å². The topological polar surface area (TPSA) is 9.23 Å². The number of thiol groups is 1. The van der Waals surface area contributed by atoms with Crippen molar-refractivity contribution >= 4 is 12.6 Å². The van der Waals surface area contributed by atoms with Crippen molar-refractivity contribution in [2.24, 2.45) is 11.8 Å². The molecular formula is C13H26OS. The molecule has 0 aromatic rings. The zero-order valence-corrected chi connectivity index (χ0v) is 11.1. The monoisotopic (exact) mass is 230 g/mol. The van der Waals surface area contributed by atoms with E-state index in [1.165, 1.54) is 38.5 Å². The highest BCUT2D eigenvalue weighted by Gasteiger charge is 2.16. The molecule has 0 bridgehead atoms. The van der Waals surface area contributed by atoms with Crippen LogP contribution < -0.4 is 0 Å². The molecular weight excluding hydrogens is 204 g/mol. The van der Waals surface area contributed by atoms with Gasteiger partial charge < -0.3 is 4.74 Å². The fourth-order valence-corrected chi connectivity index (χ4v) is 2.65. The maximum atomic E-state index is 6.03. The van der Waals surface area contributed by atoms with Crippen LogP contribution in [0.2, 0.25) is 0 Å². The lowest BCUT2D eigenvalue weighted by atomic mass is 9.99. The average Bonchev–Trinajstić information content (AvgIpc) is 2.46. The van der Waals surface area contributed by atoms with Crippen LogP contribution in [-0.4, -0.2) is 18.5 Å². The smallest absolute Gasteiger partial charge is 0.0575 e. The summed E-state index contributed by atoms with van der Waals surface area (Å²) < 4.78 is 6.03. The Morgan fingerprint density at radius 3 is 2.20 bits per heavy atom. The Kier molecular flexibility index (Phi) is 6.74. The number of rotatable bonds is 5. The first-order chi connectivity index (χ1) is 7.24. The van der Waals surface area contributed by atoms with E-state index in [1.54, 1.807) is 0 Å². The van der Waals surface area contributed by atoms with Gasteiger partial charge in [0.15, 0.2) is 0 Å². The lowest BCUT2D eigenvalue weighted by Crippen LogP contribution is -2.22. The molecule has 1 aliphatic carbocycles. The maximum Gasteiger partial charge on any atom is 0.0575 e. The van der Waals surface area contributed by atoms with Gasteiger partial charge in [-0.05, 0) is 30.4 Å². The summed E-state index contributed by atoms with van der Waals surface area (Å²) in [7, 11) is 0. The fourth-order valence-electron chi connectivity index (χ4n) is 2.12. The zero-order valence-electron chi connectivity index (χ0n) is 10.2. The third-order valence-corrected chi connectivity index (χ3v) is 3.99. The van der Waals surface area contributed by atoms with Crippen LogP contribution in [0.1, 0.15) is 52.4 Å². The molecule has 0 heterocycles. The predicted octanol–water partition coefficient (Wildman–Crippen LogP) is 3.93. The van der Waals surface area contributed by atoms with Crippen LogP contribution in [0.15, 0.2) is 0 Å². The molecule has 0 radical (unpaired) electrons. The van der Waals surface area contributed by atoms with E-state index in [-0.39, 0.29) is 0 Å². The van der Waals surface area contributed by atoms with Gasteiger partial charge >= 0.3 is 0 Å². The summed E-state index contributed by atoms with van der Waals surface area (Å²) in [4.78, 5) is 0. The van der Waals surface area contributed by atoms with Gasteiger partial charge in [0.05, 0.1) is 12.7 Å². The molecule has 1 fully saturated rings. The van der Waals surface area contributed by atoms with E-state index in [4.69, 9.17) is 4.74 Å². The summed E-state index contributed by atoms with van der Waals surface area (Å²) >= 11 is 4.39. The second kappa shape index (κ2) is 7.56. The summed E-state index contributed by atoms with van der Waals surface area (Å²) in [6.07, 6.45) is 8.61. The SMILES string of the molecule is CC(C)C(CS)COC1CCCCCC1. The summed E-state index contributed by atoms with van der Waals surface area (Å²) in [6, 6.07) is 0. The van der Waals surface area contributed by atoms with Crippen molar-refractivity contribution in [3.8, 4) is 0 Å². The summed E-state index contributed by atoms with van der Waals surface area (Å²) in [6.45, 7) is 5.43. The van der Waals surface area contributed by atoms with E-state index in [0.29, 0.717) is 17.9 Å². The van der Waals surface area contributed by atoms with Gasteiger partial charge in [-0.1, -0.05) is 39.5 Å². The quantitative estimate of drug-likeness (QED) is 0.556. The standard InChI is InChI=1S/C13H26OS/c1-11(2)12(10-15)9-14-13-7-5-3-4-6-8-13/h11-13,15H,3-10H2,1-2H3. The van der Waals surface area contributed by atoms with Gasteiger partial charge in [0.2, 0.25) is 0 Å². The van der Waals surface area contributed by atoms with Crippen LogP contribution in [0, 0.1) is 11.8 Å². The second-order valence-electron chi connectivity index (χ2n) is 5.13. The van der Waals surface area contributed by atoms with Crippen molar-refractivity contribution in [3.63, 3.8) is 0 Å². The van der Waals surface area contributed by atoms with E-state index in [1.807, 2.05) is 0 Å². The highest BCUT2D eigenvalue weighted by atomic mass is 32.1. The number of ether oxygens (including phenoxy) is 1. The Balaban J connectivity index is 2.21. The highest BCUT2D eigenvalue weighted by molar-refractivity contribution is 7.80. The second-order valence-corrected chi connectivity index (χ2v) is 5.50. The van der Waals surface area contributed by atoms with Crippen LogP contribution >= 0.6 is 12.6 Å². The molecule has 15 heavy (non-hydrogen) atoms. The van der Waals surface area contributed by atoms with Crippen LogP contribution in [0.5, 0.6) is 0 Å². The Labute approximate surface area is 100 Å². The molecule has 2 heteroatoms. The molecule has 0 spiro atoms. The van der Waals surface area contributed by atoms with Gasteiger partial charge in [0.25, 0.3) is 0 Å². The maximum absolute atomic E-state index is 6.03. The lowest BCUT2D eigenvalue weighted by molar-refractivity contribution is 0.0162. The van der Waals surface area contributed by atoms with E-state index >= 15 is 0 Å². The molecule has 0 saturated heterocycles. The average molecular weight is 230 g/mol. The van der Waals surface area contributed by atoms with Crippen molar-refractivity contribution in [2.45, 2.75) is 58.5 Å².